The molecule has 4 heteroatoms. The molecular formula is C14H21BO3. The molecule has 2 unspecified atom stereocenters. The molecular weight excluding hydrogens is 227 g/mol. The normalized spacial score (nSPS) is 23.9. The van der Waals surface area contributed by atoms with Gasteiger partial charge in [-0.25, -0.2) is 0 Å². The molecule has 0 heterocycles. The first-order valence-corrected chi connectivity index (χ1v) is 6.71. The van der Waals surface area contributed by atoms with Crippen LogP contribution in [0, 0.1) is 5.92 Å². The van der Waals surface area contributed by atoms with Crippen molar-refractivity contribution >= 4 is 12.6 Å². The Bertz CT molecular complexity index is 381. The summed E-state index contributed by atoms with van der Waals surface area (Å²) in [4.78, 5) is 0. The maximum atomic E-state index is 9.11. The first-order chi connectivity index (χ1) is 8.65. The summed E-state index contributed by atoms with van der Waals surface area (Å²) < 4.78 is 5.91. The quantitative estimate of drug-likeness (QED) is 0.793. The lowest BCUT2D eigenvalue weighted by molar-refractivity contribution is 0.00469. The molecule has 2 atom stereocenters. The predicted octanol–water partition coefficient (Wildman–Crippen LogP) is 1.46. The molecule has 0 bridgehead atoms. The fourth-order valence-electron chi connectivity index (χ4n) is 2.59. The summed E-state index contributed by atoms with van der Waals surface area (Å²) >= 11 is 0. The SMILES string of the molecule is CC1CCCC(OCc2cccc(B(O)O)c2)C1. The molecule has 0 aliphatic heterocycles. The fraction of sp³-hybridized carbons (Fsp3) is 0.571. The van der Waals surface area contributed by atoms with E-state index in [1.807, 2.05) is 12.1 Å². The summed E-state index contributed by atoms with van der Waals surface area (Å²) in [5.41, 5.74) is 1.52. The van der Waals surface area contributed by atoms with Gasteiger partial charge >= 0.3 is 7.12 Å². The molecule has 0 amide bonds. The third-order valence-corrected chi connectivity index (χ3v) is 3.62. The highest BCUT2D eigenvalue weighted by Crippen LogP contribution is 2.26. The van der Waals surface area contributed by atoms with E-state index in [1.165, 1.54) is 12.8 Å². The van der Waals surface area contributed by atoms with Crippen LogP contribution >= 0.6 is 0 Å². The Kier molecular flexibility index (Phi) is 4.81. The van der Waals surface area contributed by atoms with Crippen LogP contribution in [0.5, 0.6) is 0 Å². The molecule has 1 fully saturated rings. The monoisotopic (exact) mass is 248 g/mol. The number of ether oxygens (including phenoxy) is 1. The van der Waals surface area contributed by atoms with Gasteiger partial charge in [0, 0.05) is 0 Å². The average molecular weight is 248 g/mol. The number of hydrogen-bond donors (Lipinski definition) is 2. The molecule has 2 rings (SSSR count). The summed E-state index contributed by atoms with van der Waals surface area (Å²) in [6, 6.07) is 7.28. The lowest BCUT2D eigenvalue weighted by Crippen LogP contribution is -2.30. The van der Waals surface area contributed by atoms with Crippen molar-refractivity contribution in [3.8, 4) is 0 Å². The van der Waals surface area contributed by atoms with Gasteiger partial charge in [0.1, 0.15) is 0 Å². The molecule has 98 valence electrons. The second kappa shape index (κ2) is 6.37. The van der Waals surface area contributed by atoms with E-state index in [1.54, 1.807) is 12.1 Å². The van der Waals surface area contributed by atoms with Gasteiger partial charge < -0.3 is 14.8 Å². The van der Waals surface area contributed by atoms with Crippen LogP contribution in [0.2, 0.25) is 0 Å². The van der Waals surface area contributed by atoms with Crippen LogP contribution in [-0.2, 0) is 11.3 Å². The molecule has 3 nitrogen and oxygen atoms in total. The standard InChI is InChI=1S/C14H21BO3/c1-11-4-2-7-14(8-11)18-10-12-5-3-6-13(9-12)15(16)17/h3,5-6,9,11,14,16-17H,2,4,7-8,10H2,1H3. The van der Waals surface area contributed by atoms with Gasteiger partial charge in [0.15, 0.2) is 0 Å². The van der Waals surface area contributed by atoms with Gasteiger partial charge in [-0.2, -0.15) is 0 Å². The minimum atomic E-state index is -1.40. The molecule has 0 aromatic heterocycles. The van der Waals surface area contributed by atoms with Crippen molar-refractivity contribution < 1.29 is 14.8 Å². The van der Waals surface area contributed by atoms with Gasteiger partial charge in [-0.15, -0.1) is 0 Å². The van der Waals surface area contributed by atoms with Crippen molar-refractivity contribution in [3.63, 3.8) is 0 Å². The molecule has 2 N–H and O–H groups in total. The van der Waals surface area contributed by atoms with E-state index in [-0.39, 0.29) is 0 Å². The number of benzene rings is 1. The van der Waals surface area contributed by atoms with Crippen molar-refractivity contribution in [1.82, 2.24) is 0 Å². The van der Waals surface area contributed by atoms with Crippen molar-refractivity contribution in [2.45, 2.75) is 45.3 Å². The molecule has 0 spiro atoms. The second-order valence-electron chi connectivity index (χ2n) is 5.32. The highest BCUT2D eigenvalue weighted by Gasteiger charge is 2.19. The van der Waals surface area contributed by atoms with Gasteiger partial charge in [0.05, 0.1) is 12.7 Å². The van der Waals surface area contributed by atoms with Crippen LogP contribution in [0.4, 0.5) is 0 Å². The third kappa shape index (κ3) is 3.84. The minimum Gasteiger partial charge on any atom is -0.423 e. The van der Waals surface area contributed by atoms with Crippen molar-refractivity contribution in [1.29, 1.82) is 0 Å². The van der Waals surface area contributed by atoms with Crippen molar-refractivity contribution in [2.75, 3.05) is 0 Å². The van der Waals surface area contributed by atoms with Gasteiger partial charge in [-0.3, -0.25) is 0 Å². The Labute approximate surface area is 109 Å². The largest absolute Gasteiger partial charge is 0.488 e. The van der Waals surface area contributed by atoms with E-state index in [0.717, 1.165) is 24.3 Å². The van der Waals surface area contributed by atoms with Gasteiger partial charge in [-0.1, -0.05) is 44.0 Å². The Morgan fingerprint density at radius 2 is 2.17 bits per heavy atom. The van der Waals surface area contributed by atoms with Crippen LogP contribution in [0.15, 0.2) is 24.3 Å². The zero-order valence-corrected chi connectivity index (χ0v) is 10.9. The van der Waals surface area contributed by atoms with Gasteiger partial charge in [0.2, 0.25) is 0 Å². The van der Waals surface area contributed by atoms with Crippen LogP contribution < -0.4 is 5.46 Å². The highest BCUT2D eigenvalue weighted by atomic mass is 16.5. The second-order valence-corrected chi connectivity index (χ2v) is 5.32. The molecule has 0 radical (unpaired) electrons. The first kappa shape index (κ1) is 13.6. The van der Waals surface area contributed by atoms with Crippen LogP contribution in [0.25, 0.3) is 0 Å². The Balaban J connectivity index is 1.87. The first-order valence-electron chi connectivity index (χ1n) is 6.71. The summed E-state index contributed by atoms with van der Waals surface area (Å²) in [7, 11) is -1.40. The van der Waals surface area contributed by atoms with Crippen molar-refractivity contribution in [3.05, 3.63) is 29.8 Å². The third-order valence-electron chi connectivity index (χ3n) is 3.62. The Morgan fingerprint density at radius 1 is 1.33 bits per heavy atom. The summed E-state index contributed by atoms with van der Waals surface area (Å²) in [5.74, 6) is 0.759. The van der Waals surface area contributed by atoms with Crippen LogP contribution in [0.3, 0.4) is 0 Å². The molecule has 1 aliphatic carbocycles. The zero-order chi connectivity index (χ0) is 13.0. The number of hydrogen-bond acceptors (Lipinski definition) is 3. The highest BCUT2D eigenvalue weighted by molar-refractivity contribution is 6.58. The van der Waals surface area contributed by atoms with Crippen molar-refractivity contribution in [2.24, 2.45) is 5.92 Å². The lowest BCUT2D eigenvalue weighted by atomic mass is 9.80. The van der Waals surface area contributed by atoms with E-state index >= 15 is 0 Å². The summed E-state index contributed by atoms with van der Waals surface area (Å²) in [6.45, 7) is 2.83. The average Bonchev–Trinajstić information content (AvgIpc) is 2.37. The predicted molar refractivity (Wildman–Crippen MR) is 72.5 cm³/mol. The van der Waals surface area contributed by atoms with E-state index < -0.39 is 7.12 Å². The molecule has 18 heavy (non-hydrogen) atoms. The molecule has 0 saturated heterocycles. The maximum Gasteiger partial charge on any atom is 0.488 e. The Hall–Kier alpha value is -0.835. The molecule has 1 saturated carbocycles. The number of rotatable bonds is 4. The van der Waals surface area contributed by atoms with E-state index in [9.17, 15) is 0 Å². The molecule has 1 aromatic rings. The van der Waals surface area contributed by atoms with Crippen LogP contribution in [0.1, 0.15) is 38.2 Å². The van der Waals surface area contributed by atoms with E-state index in [2.05, 4.69) is 6.92 Å². The topological polar surface area (TPSA) is 49.7 Å². The lowest BCUT2D eigenvalue weighted by Gasteiger charge is -2.26. The fourth-order valence-corrected chi connectivity index (χ4v) is 2.59. The van der Waals surface area contributed by atoms with Gasteiger partial charge in [-0.05, 0) is 29.8 Å². The summed E-state index contributed by atoms with van der Waals surface area (Å²) in [5, 5.41) is 18.2. The smallest absolute Gasteiger partial charge is 0.423 e. The zero-order valence-electron chi connectivity index (χ0n) is 10.9. The van der Waals surface area contributed by atoms with E-state index in [0.29, 0.717) is 18.2 Å². The summed E-state index contributed by atoms with van der Waals surface area (Å²) in [6.07, 6.45) is 5.21. The van der Waals surface area contributed by atoms with Gasteiger partial charge in [0.25, 0.3) is 0 Å². The van der Waals surface area contributed by atoms with Crippen LogP contribution in [-0.4, -0.2) is 23.3 Å². The maximum absolute atomic E-state index is 9.11. The molecule has 1 aliphatic rings. The van der Waals surface area contributed by atoms with E-state index in [4.69, 9.17) is 14.8 Å². The Morgan fingerprint density at radius 3 is 2.89 bits per heavy atom. The molecule has 1 aromatic carbocycles. The minimum absolute atomic E-state index is 0.358.